The molecular formula is C30H39FO2. The Hall–Kier alpha value is -2.16. The lowest BCUT2D eigenvalue weighted by molar-refractivity contribution is -0.140. The topological polar surface area (TPSA) is 26.3 Å². The first kappa shape index (κ1) is 24.0. The van der Waals surface area contributed by atoms with E-state index < -0.39 is 0 Å². The normalized spacial score (nSPS) is 25.5. The van der Waals surface area contributed by atoms with Crippen LogP contribution in [0.1, 0.15) is 107 Å². The summed E-state index contributed by atoms with van der Waals surface area (Å²) in [5, 5.41) is 0. The highest BCUT2D eigenvalue weighted by molar-refractivity contribution is 5.75. The van der Waals surface area contributed by atoms with E-state index in [4.69, 9.17) is 4.74 Å². The van der Waals surface area contributed by atoms with E-state index in [1.807, 2.05) is 0 Å². The summed E-state index contributed by atoms with van der Waals surface area (Å²) < 4.78 is 18.7. The van der Waals surface area contributed by atoms with E-state index >= 15 is 0 Å². The second-order valence-corrected chi connectivity index (χ2v) is 10.3. The van der Waals surface area contributed by atoms with Crippen molar-refractivity contribution in [3.05, 3.63) is 65.5 Å². The largest absolute Gasteiger partial charge is 0.426 e. The molecule has 0 unspecified atom stereocenters. The molecule has 0 atom stereocenters. The van der Waals surface area contributed by atoms with Crippen molar-refractivity contribution in [3.8, 4) is 5.75 Å². The molecule has 2 aromatic carbocycles. The third-order valence-electron chi connectivity index (χ3n) is 8.02. The molecule has 0 heterocycles. The summed E-state index contributed by atoms with van der Waals surface area (Å²) in [6.45, 7) is 2.29. The molecule has 2 nitrogen and oxygen atoms in total. The molecule has 3 heteroatoms. The summed E-state index contributed by atoms with van der Waals surface area (Å²) in [5.74, 6) is 1.81. The lowest BCUT2D eigenvalue weighted by Crippen LogP contribution is -2.25. The molecule has 2 aromatic rings. The van der Waals surface area contributed by atoms with E-state index in [0.717, 1.165) is 37.5 Å². The molecule has 0 saturated heterocycles. The van der Waals surface area contributed by atoms with Crippen LogP contribution in [0.25, 0.3) is 0 Å². The van der Waals surface area contributed by atoms with Gasteiger partial charge in [0.1, 0.15) is 11.6 Å². The number of carbonyl (C=O) groups is 1. The van der Waals surface area contributed by atoms with Crippen LogP contribution in [0.2, 0.25) is 0 Å². The molecule has 2 aliphatic rings. The number of halogens is 1. The van der Waals surface area contributed by atoms with Gasteiger partial charge < -0.3 is 4.74 Å². The average Bonchev–Trinajstić information content (AvgIpc) is 2.85. The average molecular weight is 451 g/mol. The summed E-state index contributed by atoms with van der Waals surface area (Å²) in [5.41, 5.74) is 2.92. The number of benzene rings is 2. The van der Waals surface area contributed by atoms with Gasteiger partial charge in [-0.3, -0.25) is 4.79 Å². The number of rotatable bonds is 8. The van der Waals surface area contributed by atoms with E-state index in [0.29, 0.717) is 11.7 Å². The van der Waals surface area contributed by atoms with Gasteiger partial charge in [-0.1, -0.05) is 62.9 Å². The molecule has 2 saturated carbocycles. The van der Waals surface area contributed by atoms with Crippen LogP contribution >= 0.6 is 0 Å². The number of carbonyl (C=O) groups excluding carboxylic acids is 1. The monoisotopic (exact) mass is 450 g/mol. The van der Waals surface area contributed by atoms with Gasteiger partial charge in [-0.25, -0.2) is 4.39 Å². The van der Waals surface area contributed by atoms with Crippen molar-refractivity contribution in [1.82, 2.24) is 0 Å². The van der Waals surface area contributed by atoms with Crippen LogP contribution in [0.4, 0.5) is 4.39 Å². The van der Waals surface area contributed by atoms with Gasteiger partial charge in [-0.2, -0.15) is 0 Å². The molecule has 33 heavy (non-hydrogen) atoms. The molecule has 0 spiro atoms. The van der Waals surface area contributed by atoms with Crippen LogP contribution in [0.5, 0.6) is 5.75 Å². The van der Waals surface area contributed by atoms with E-state index in [9.17, 15) is 9.18 Å². The Morgan fingerprint density at radius 1 is 0.848 bits per heavy atom. The lowest BCUT2D eigenvalue weighted by atomic mass is 9.76. The first-order chi connectivity index (χ1) is 16.1. The molecule has 0 bridgehead atoms. The first-order valence-electron chi connectivity index (χ1n) is 13.2. The van der Waals surface area contributed by atoms with Gasteiger partial charge in [0.25, 0.3) is 0 Å². The van der Waals surface area contributed by atoms with Crippen molar-refractivity contribution in [1.29, 1.82) is 0 Å². The second-order valence-electron chi connectivity index (χ2n) is 10.3. The van der Waals surface area contributed by atoms with Gasteiger partial charge in [-0.15, -0.1) is 0 Å². The smallest absolute Gasteiger partial charge is 0.314 e. The van der Waals surface area contributed by atoms with Gasteiger partial charge in [0.15, 0.2) is 0 Å². The maximum atomic E-state index is 13.3. The lowest BCUT2D eigenvalue weighted by Gasteiger charge is -2.30. The van der Waals surface area contributed by atoms with Gasteiger partial charge in [0.2, 0.25) is 0 Å². The quantitative estimate of drug-likeness (QED) is 0.229. The van der Waals surface area contributed by atoms with Gasteiger partial charge in [-0.05, 0) is 92.4 Å². The number of hydrogen-bond donors (Lipinski definition) is 0. The number of hydrogen-bond acceptors (Lipinski definition) is 2. The summed E-state index contributed by atoms with van der Waals surface area (Å²) in [7, 11) is 0. The van der Waals surface area contributed by atoms with E-state index in [1.165, 1.54) is 74.6 Å². The minimum atomic E-state index is -0.382. The highest BCUT2D eigenvalue weighted by Crippen LogP contribution is 2.40. The molecule has 0 aromatic heterocycles. The third-order valence-corrected chi connectivity index (χ3v) is 8.02. The minimum absolute atomic E-state index is 0.0868. The number of esters is 1. The van der Waals surface area contributed by atoms with Crippen LogP contribution in [-0.2, 0) is 4.79 Å². The Morgan fingerprint density at radius 2 is 1.45 bits per heavy atom. The predicted octanol–water partition coefficient (Wildman–Crippen LogP) is 8.56. The zero-order valence-electron chi connectivity index (χ0n) is 20.1. The maximum absolute atomic E-state index is 13.3. The van der Waals surface area contributed by atoms with Crippen molar-refractivity contribution in [2.75, 3.05) is 0 Å². The first-order valence-corrected chi connectivity index (χ1v) is 13.2. The van der Waals surface area contributed by atoms with Crippen molar-refractivity contribution < 1.29 is 13.9 Å². The van der Waals surface area contributed by atoms with Crippen molar-refractivity contribution in [2.45, 2.75) is 95.8 Å². The molecule has 4 rings (SSSR count). The van der Waals surface area contributed by atoms with Crippen LogP contribution < -0.4 is 4.74 Å². The summed E-state index contributed by atoms with van der Waals surface area (Å²) in [6.07, 6.45) is 14.7. The third kappa shape index (κ3) is 6.68. The Kier molecular flexibility index (Phi) is 8.58. The summed E-state index contributed by atoms with van der Waals surface area (Å²) in [6, 6.07) is 15.2. The zero-order chi connectivity index (χ0) is 23.0. The molecule has 0 aliphatic heterocycles. The minimum Gasteiger partial charge on any atom is -0.426 e. The Balaban J connectivity index is 1.23. The summed E-state index contributed by atoms with van der Waals surface area (Å²) in [4.78, 5) is 12.5. The van der Waals surface area contributed by atoms with Crippen LogP contribution in [0.3, 0.4) is 0 Å². The molecular weight excluding hydrogens is 411 g/mol. The molecule has 0 N–H and O–H groups in total. The highest BCUT2D eigenvalue weighted by Gasteiger charge is 2.29. The van der Waals surface area contributed by atoms with Crippen molar-refractivity contribution in [3.63, 3.8) is 0 Å². The van der Waals surface area contributed by atoms with Crippen molar-refractivity contribution in [2.24, 2.45) is 11.8 Å². The maximum Gasteiger partial charge on any atom is 0.314 e. The number of ether oxygens (including phenoxy) is 1. The Bertz CT molecular complexity index is 874. The highest BCUT2D eigenvalue weighted by atomic mass is 19.1. The standard InChI is InChI=1S/C30H39FO2/c1-2-3-4-6-22-9-11-23(12-10-22)24-13-15-25(16-14-24)26-17-19-27(20-18-26)30(32)33-29-8-5-7-28(31)21-29/h5,7-8,13-16,21-23,26-27H,2-4,6,9-12,17-20H2,1H3. The van der Waals surface area contributed by atoms with Crippen LogP contribution in [-0.4, -0.2) is 5.97 Å². The Labute approximate surface area is 198 Å². The second kappa shape index (κ2) is 11.8. The summed E-state index contributed by atoms with van der Waals surface area (Å²) >= 11 is 0. The molecule has 2 fully saturated rings. The van der Waals surface area contributed by atoms with Crippen LogP contribution in [0.15, 0.2) is 48.5 Å². The van der Waals surface area contributed by atoms with Gasteiger partial charge in [0.05, 0.1) is 5.92 Å². The predicted molar refractivity (Wildman–Crippen MR) is 132 cm³/mol. The molecule has 0 radical (unpaired) electrons. The van der Waals surface area contributed by atoms with Gasteiger partial charge >= 0.3 is 5.97 Å². The SMILES string of the molecule is CCCCCC1CCC(c2ccc(C3CCC(C(=O)Oc4cccc(F)c4)CC3)cc2)CC1. The van der Waals surface area contributed by atoms with E-state index in [2.05, 4.69) is 31.2 Å². The molecule has 2 aliphatic carbocycles. The van der Waals surface area contributed by atoms with E-state index in [1.54, 1.807) is 12.1 Å². The fraction of sp³-hybridized carbons (Fsp3) is 0.567. The zero-order valence-corrected chi connectivity index (χ0v) is 20.1. The molecule has 0 amide bonds. The van der Waals surface area contributed by atoms with Crippen molar-refractivity contribution >= 4 is 5.97 Å². The van der Waals surface area contributed by atoms with Gasteiger partial charge in [0, 0.05) is 6.07 Å². The van der Waals surface area contributed by atoms with Crippen LogP contribution in [0, 0.1) is 17.7 Å². The molecule has 178 valence electrons. The fourth-order valence-electron chi connectivity index (χ4n) is 5.90. The van der Waals surface area contributed by atoms with E-state index in [-0.39, 0.29) is 17.7 Å². The Morgan fingerprint density at radius 3 is 2.03 bits per heavy atom. The fourth-order valence-corrected chi connectivity index (χ4v) is 5.90. The number of unbranched alkanes of at least 4 members (excludes halogenated alkanes) is 2.